The summed E-state index contributed by atoms with van der Waals surface area (Å²) in [6.45, 7) is 3.10. The van der Waals surface area contributed by atoms with Crippen molar-refractivity contribution in [2.75, 3.05) is 6.54 Å². The molecule has 112 valence electrons. The predicted molar refractivity (Wildman–Crippen MR) is 87.0 cm³/mol. The highest BCUT2D eigenvalue weighted by molar-refractivity contribution is 8.00. The summed E-state index contributed by atoms with van der Waals surface area (Å²) in [4.78, 5) is 16.8. The Morgan fingerprint density at radius 1 is 1.48 bits per heavy atom. The van der Waals surface area contributed by atoms with Crippen LogP contribution >= 0.6 is 35.0 Å². The number of benzene rings is 1. The number of aromatic nitrogens is 2. The second-order valence-corrected chi connectivity index (χ2v) is 6.65. The van der Waals surface area contributed by atoms with Crippen LogP contribution in [0.3, 0.4) is 0 Å². The Balaban J connectivity index is 1.83. The SMILES string of the molecule is C[C@H](Sc1cc(Cl)ccc1Cl)C(=O)NCCn1ccnc1. The van der Waals surface area contributed by atoms with E-state index < -0.39 is 0 Å². The van der Waals surface area contributed by atoms with E-state index in [0.717, 1.165) is 4.90 Å². The lowest BCUT2D eigenvalue weighted by Gasteiger charge is -2.13. The molecular weight excluding hydrogens is 329 g/mol. The maximum atomic E-state index is 12.0. The lowest BCUT2D eigenvalue weighted by Crippen LogP contribution is -2.33. The average molecular weight is 344 g/mol. The Hall–Kier alpha value is -1.17. The maximum absolute atomic E-state index is 12.0. The van der Waals surface area contributed by atoms with Crippen LogP contribution in [0.5, 0.6) is 0 Å². The molecule has 0 fully saturated rings. The van der Waals surface area contributed by atoms with Gasteiger partial charge in [0.1, 0.15) is 0 Å². The van der Waals surface area contributed by atoms with Gasteiger partial charge in [-0.2, -0.15) is 0 Å². The minimum atomic E-state index is -0.247. The Kier molecular flexibility index (Phi) is 5.96. The van der Waals surface area contributed by atoms with Crippen molar-refractivity contribution in [3.63, 3.8) is 0 Å². The van der Waals surface area contributed by atoms with E-state index in [2.05, 4.69) is 10.3 Å². The molecule has 0 spiro atoms. The zero-order valence-electron chi connectivity index (χ0n) is 11.4. The van der Waals surface area contributed by atoms with Gasteiger partial charge in [-0.3, -0.25) is 4.79 Å². The molecule has 0 aliphatic carbocycles. The van der Waals surface area contributed by atoms with E-state index >= 15 is 0 Å². The first kappa shape index (κ1) is 16.2. The van der Waals surface area contributed by atoms with Crippen molar-refractivity contribution in [3.8, 4) is 0 Å². The Bertz CT molecular complexity index is 604. The third-order valence-electron chi connectivity index (χ3n) is 2.79. The number of halogens is 2. The van der Waals surface area contributed by atoms with Gasteiger partial charge in [-0.05, 0) is 25.1 Å². The van der Waals surface area contributed by atoms with Crippen LogP contribution in [-0.2, 0) is 11.3 Å². The van der Waals surface area contributed by atoms with Crippen molar-refractivity contribution in [1.82, 2.24) is 14.9 Å². The molecule has 0 aliphatic rings. The highest BCUT2D eigenvalue weighted by Crippen LogP contribution is 2.32. The number of nitrogens with one attached hydrogen (secondary N) is 1. The van der Waals surface area contributed by atoms with Crippen molar-refractivity contribution in [2.45, 2.75) is 23.6 Å². The van der Waals surface area contributed by atoms with Gasteiger partial charge in [0.15, 0.2) is 0 Å². The third kappa shape index (κ3) is 4.95. The van der Waals surface area contributed by atoms with E-state index in [1.54, 1.807) is 30.7 Å². The quantitative estimate of drug-likeness (QED) is 0.816. The third-order valence-corrected chi connectivity index (χ3v) is 4.63. The molecule has 1 aromatic heterocycles. The molecule has 1 atom stereocenters. The molecule has 1 N–H and O–H groups in total. The summed E-state index contributed by atoms with van der Waals surface area (Å²) in [6.07, 6.45) is 5.29. The molecule has 2 aromatic rings. The van der Waals surface area contributed by atoms with Crippen LogP contribution in [0.2, 0.25) is 10.0 Å². The largest absolute Gasteiger partial charge is 0.353 e. The van der Waals surface area contributed by atoms with Crippen LogP contribution in [-0.4, -0.2) is 27.3 Å². The van der Waals surface area contributed by atoms with Crippen molar-refractivity contribution in [2.24, 2.45) is 0 Å². The van der Waals surface area contributed by atoms with Crippen molar-refractivity contribution in [3.05, 3.63) is 47.0 Å². The summed E-state index contributed by atoms with van der Waals surface area (Å²) >= 11 is 13.4. The average Bonchev–Trinajstić information content (AvgIpc) is 2.96. The zero-order chi connectivity index (χ0) is 15.2. The number of nitrogens with zero attached hydrogens (tertiary/aromatic N) is 2. The number of imidazole rings is 1. The number of carbonyl (C=O) groups is 1. The van der Waals surface area contributed by atoms with Crippen LogP contribution in [0, 0.1) is 0 Å². The maximum Gasteiger partial charge on any atom is 0.233 e. The monoisotopic (exact) mass is 343 g/mol. The van der Waals surface area contributed by atoms with E-state index in [0.29, 0.717) is 23.1 Å². The van der Waals surface area contributed by atoms with Crippen LogP contribution in [0.4, 0.5) is 0 Å². The number of thioether (sulfide) groups is 1. The summed E-state index contributed by atoms with van der Waals surface area (Å²) in [5.74, 6) is -0.0313. The molecule has 0 bridgehead atoms. The fourth-order valence-corrected chi connectivity index (χ4v) is 3.12. The first-order valence-corrected chi connectivity index (χ1v) is 8.05. The highest BCUT2D eigenvalue weighted by atomic mass is 35.5. The van der Waals surface area contributed by atoms with Gasteiger partial charge in [0.25, 0.3) is 0 Å². The summed E-state index contributed by atoms with van der Waals surface area (Å²) in [5.41, 5.74) is 0. The molecular formula is C14H15Cl2N3OS. The summed E-state index contributed by atoms with van der Waals surface area (Å²) < 4.78 is 1.91. The van der Waals surface area contributed by atoms with E-state index in [1.807, 2.05) is 17.7 Å². The number of hydrogen-bond acceptors (Lipinski definition) is 3. The highest BCUT2D eigenvalue weighted by Gasteiger charge is 2.15. The van der Waals surface area contributed by atoms with Gasteiger partial charge in [0, 0.05) is 35.4 Å². The van der Waals surface area contributed by atoms with E-state index in [9.17, 15) is 4.79 Å². The van der Waals surface area contributed by atoms with Gasteiger partial charge in [-0.1, -0.05) is 23.2 Å². The lowest BCUT2D eigenvalue weighted by molar-refractivity contribution is -0.120. The Labute approximate surface area is 137 Å². The molecule has 21 heavy (non-hydrogen) atoms. The van der Waals surface area contributed by atoms with E-state index in [1.165, 1.54) is 11.8 Å². The lowest BCUT2D eigenvalue weighted by atomic mass is 10.4. The molecule has 0 unspecified atom stereocenters. The molecule has 7 heteroatoms. The number of amides is 1. The van der Waals surface area contributed by atoms with Gasteiger partial charge in [0.2, 0.25) is 5.91 Å². The number of carbonyl (C=O) groups excluding carboxylic acids is 1. The van der Waals surface area contributed by atoms with Crippen LogP contribution in [0.15, 0.2) is 41.8 Å². The Morgan fingerprint density at radius 3 is 3.00 bits per heavy atom. The molecule has 0 saturated heterocycles. The molecule has 0 aliphatic heterocycles. The number of rotatable bonds is 6. The topological polar surface area (TPSA) is 46.9 Å². The number of hydrogen-bond donors (Lipinski definition) is 1. The molecule has 0 radical (unpaired) electrons. The van der Waals surface area contributed by atoms with E-state index in [4.69, 9.17) is 23.2 Å². The van der Waals surface area contributed by atoms with E-state index in [-0.39, 0.29) is 11.2 Å². The second kappa shape index (κ2) is 7.73. The first-order valence-electron chi connectivity index (χ1n) is 6.41. The summed E-state index contributed by atoms with van der Waals surface area (Å²) in [7, 11) is 0. The van der Waals surface area contributed by atoms with Gasteiger partial charge < -0.3 is 9.88 Å². The van der Waals surface area contributed by atoms with Gasteiger partial charge in [0.05, 0.1) is 16.6 Å². The smallest absolute Gasteiger partial charge is 0.233 e. The minimum absolute atomic E-state index is 0.0313. The molecule has 2 rings (SSSR count). The van der Waals surface area contributed by atoms with Crippen LogP contribution < -0.4 is 5.32 Å². The van der Waals surface area contributed by atoms with Gasteiger partial charge >= 0.3 is 0 Å². The van der Waals surface area contributed by atoms with Crippen molar-refractivity contribution in [1.29, 1.82) is 0 Å². The first-order chi connectivity index (χ1) is 10.1. The zero-order valence-corrected chi connectivity index (χ0v) is 13.8. The molecule has 4 nitrogen and oxygen atoms in total. The summed E-state index contributed by atoms with van der Waals surface area (Å²) in [5, 5.41) is 3.85. The fraction of sp³-hybridized carbons (Fsp3) is 0.286. The minimum Gasteiger partial charge on any atom is -0.353 e. The Morgan fingerprint density at radius 2 is 2.29 bits per heavy atom. The van der Waals surface area contributed by atoms with Gasteiger partial charge in [-0.15, -0.1) is 11.8 Å². The normalized spacial score (nSPS) is 12.1. The fourth-order valence-electron chi connectivity index (χ4n) is 1.68. The predicted octanol–water partition coefficient (Wildman–Crippen LogP) is 3.49. The molecule has 1 heterocycles. The molecule has 1 amide bonds. The summed E-state index contributed by atoms with van der Waals surface area (Å²) in [6, 6.07) is 5.23. The van der Waals surface area contributed by atoms with Crippen molar-refractivity contribution >= 4 is 40.9 Å². The van der Waals surface area contributed by atoms with Gasteiger partial charge in [-0.25, -0.2) is 4.98 Å². The molecule has 0 saturated carbocycles. The van der Waals surface area contributed by atoms with Crippen LogP contribution in [0.1, 0.15) is 6.92 Å². The van der Waals surface area contributed by atoms with Crippen LogP contribution in [0.25, 0.3) is 0 Å². The standard InChI is InChI=1S/C14H15Cl2N3OS/c1-10(21-13-8-11(15)2-3-12(13)16)14(20)18-5-7-19-6-4-17-9-19/h2-4,6,8-10H,5,7H2,1H3,(H,18,20)/t10-/m0/s1. The van der Waals surface area contributed by atoms with Crippen molar-refractivity contribution < 1.29 is 4.79 Å². The second-order valence-electron chi connectivity index (χ2n) is 4.43. The molecule has 1 aromatic carbocycles.